The van der Waals surface area contributed by atoms with Crippen molar-refractivity contribution < 1.29 is 9.47 Å². The first-order valence-corrected chi connectivity index (χ1v) is 6.66. The largest absolute Gasteiger partial charge is 0.496 e. The van der Waals surface area contributed by atoms with Crippen LogP contribution in [-0.2, 0) is 0 Å². The zero-order chi connectivity index (χ0) is 14.6. The molecule has 2 aromatic heterocycles. The lowest BCUT2D eigenvalue weighted by Crippen LogP contribution is -2.12. The molecule has 0 fully saturated rings. The highest BCUT2D eigenvalue weighted by molar-refractivity contribution is 6.16. The maximum atomic E-state index is 12.6. The molecule has 0 aliphatic heterocycles. The van der Waals surface area contributed by atoms with E-state index in [1.165, 1.54) is 0 Å². The predicted octanol–water partition coefficient (Wildman–Crippen LogP) is 3.06. The van der Waals surface area contributed by atoms with Crippen LogP contribution in [0.2, 0.25) is 0 Å². The third-order valence-corrected chi connectivity index (χ3v) is 3.98. The molecule has 4 heteroatoms. The Kier molecular flexibility index (Phi) is 2.36. The highest BCUT2D eigenvalue weighted by Crippen LogP contribution is 2.40. The van der Waals surface area contributed by atoms with Crippen LogP contribution in [0.1, 0.15) is 0 Å². The van der Waals surface area contributed by atoms with Crippen molar-refractivity contribution in [1.29, 1.82) is 0 Å². The molecule has 4 rings (SSSR count). The third kappa shape index (κ3) is 1.41. The zero-order valence-corrected chi connectivity index (χ0v) is 11.7. The summed E-state index contributed by atoms with van der Waals surface area (Å²) in [5.41, 5.74) is 0.818. The van der Waals surface area contributed by atoms with E-state index >= 15 is 0 Å². The smallest absolute Gasteiger partial charge is 0.263 e. The molecule has 2 aromatic carbocycles. The molecule has 0 amide bonds. The zero-order valence-electron chi connectivity index (χ0n) is 11.7. The van der Waals surface area contributed by atoms with Crippen molar-refractivity contribution in [3.63, 3.8) is 0 Å². The minimum Gasteiger partial charge on any atom is -0.496 e. The first-order chi connectivity index (χ1) is 10.3. The van der Waals surface area contributed by atoms with E-state index in [-0.39, 0.29) is 5.56 Å². The Bertz CT molecular complexity index is 1030. The third-order valence-electron chi connectivity index (χ3n) is 3.98. The minimum atomic E-state index is -0.0246. The number of fused-ring (bicyclic) bond motifs is 2. The summed E-state index contributed by atoms with van der Waals surface area (Å²) in [6.45, 7) is 0. The topological polar surface area (TPSA) is 39.9 Å². The van der Waals surface area contributed by atoms with Gasteiger partial charge in [-0.05, 0) is 12.1 Å². The molecular weight excluding hydrogens is 266 g/mol. The molecule has 0 saturated carbocycles. The number of ether oxygens (including phenoxy) is 2. The predicted molar refractivity (Wildman–Crippen MR) is 83.0 cm³/mol. The summed E-state index contributed by atoms with van der Waals surface area (Å²) in [6.07, 6.45) is 1.79. The highest BCUT2D eigenvalue weighted by atomic mass is 16.5. The molecule has 0 radical (unpaired) electrons. The molecule has 0 saturated heterocycles. The first-order valence-electron chi connectivity index (χ1n) is 6.66. The van der Waals surface area contributed by atoms with Gasteiger partial charge in [0.25, 0.3) is 5.56 Å². The van der Waals surface area contributed by atoms with Gasteiger partial charge in [-0.1, -0.05) is 18.2 Å². The summed E-state index contributed by atoms with van der Waals surface area (Å²) in [7, 11) is 3.25. The number of nitrogens with zero attached hydrogens (tertiary/aromatic N) is 1. The molecule has 104 valence electrons. The molecule has 0 bridgehead atoms. The molecule has 0 N–H and O–H groups in total. The van der Waals surface area contributed by atoms with Crippen molar-refractivity contribution in [2.24, 2.45) is 0 Å². The van der Waals surface area contributed by atoms with Crippen LogP contribution in [0.3, 0.4) is 0 Å². The number of hydrogen-bond acceptors (Lipinski definition) is 3. The van der Waals surface area contributed by atoms with Gasteiger partial charge in [0.15, 0.2) is 0 Å². The van der Waals surface area contributed by atoms with Crippen molar-refractivity contribution in [3.05, 3.63) is 52.9 Å². The monoisotopic (exact) mass is 279 g/mol. The molecule has 2 heterocycles. The fourth-order valence-electron chi connectivity index (χ4n) is 3.05. The maximum Gasteiger partial charge on any atom is 0.263 e. The van der Waals surface area contributed by atoms with Gasteiger partial charge in [-0.15, -0.1) is 0 Å². The Labute approximate surface area is 120 Å². The van der Waals surface area contributed by atoms with Gasteiger partial charge in [0, 0.05) is 33.8 Å². The minimum absolute atomic E-state index is 0.0246. The van der Waals surface area contributed by atoms with E-state index in [0.717, 1.165) is 21.7 Å². The Hall–Kier alpha value is -2.75. The Balaban J connectivity index is 2.43. The van der Waals surface area contributed by atoms with Crippen LogP contribution in [0, 0.1) is 0 Å². The summed E-state index contributed by atoms with van der Waals surface area (Å²) >= 11 is 0. The SMILES string of the molecule is COc1cc(OC)c2c3ccccc3c(=O)n3ccc1c23. The number of aromatic nitrogens is 1. The van der Waals surface area contributed by atoms with E-state index in [1.807, 2.05) is 36.4 Å². The fourth-order valence-corrected chi connectivity index (χ4v) is 3.05. The van der Waals surface area contributed by atoms with Gasteiger partial charge in [0.2, 0.25) is 0 Å². The number of pyridine rings is 1. The second-order valence-corrected chi connectivity index (χ2v) is 4.95. The van der Waals surface area contributed by atoms with Gasteiger partial charge in [-0.2, -0.15) is 0 Å². The van der Waals surface area contributed by atoms with Gasteiger partial charge in [-0.3, -0.25) is 9.20 Å². The number of rotatable bonds is 2. The van der Waals surface area contributed by atoms with Crippen LogP contribution in [0.5, 0.6) is 11.5 Å². The number of benzene rings is 2. The van der Waals surface area contributed by atoms with Gasteiger partial charge < -0.3 is 9.47 Å². The van der Waals surface area contributed by atoms with Crippen LogP contribution < -0.4 is 15.0 Å². The average Bonchev–Trinajstić information content (AvgIpc) is 2.97. The van der Waals surface area contributed by atoms with Crippen molar-refractivity contribution in [1.82, 2.24) is 4.40 Å². The number of methoxy groups -OCH3 is 2. The molecule has 0 spiro atoms. The van der Waals surface area contributed by atoms with Crippen molar-refractivity contribution in [3.8, 4) is 11.5 Å². The van der Waals surface area contributed by atoms with Gasteiger partial charge in [0.1, 0.15) is 11.5 Å². The highest BCUT2D eigenvalue weighted by Gasteiger charge is 2.18. The Morgan fingerprint density at radius 3 is 2.33 bits per heavy atom. The van der Waals surface area contributed by atoms with E-state index < -0.39 is 0 Å². The van der Waals surface area contributed by atoms with E-state index in [9.17, 15) is 4.79 Å². The average molecular weight is 279 g/mol. The van der Waals surface area contributed by atoms with Crippen LogP contribution in [0.25, 0.3) is 27.1 Å². The van der Waals surface area contributed by atoms with E-state index in [0.29, 0.717) is 16.9 Å². The standard InChI is InChI=1S/C17H13NO3/c1-20-13-9-14(21-2)15-10-5-3-4-6-11(10)17(19)18-8-7-12(13)16(15)18/h3-9H,1-2H3. The molecule has 4 nitrogen and oxygen atoms in total. The molecule has 0 unspecified atom stereocenters. The summed E-state index contributed by atoms with van der Waals surface area (Å²) in [5.74, 6) is 1.41. The van der Waals surface area contributed by atoms with E-state index in [2.05, 4.69) is 0 Å². The second kappa shape index (κ2) is 4.12. The van der Waals surface area contributed by atoms with Gasteiger partial charge in [0.05, 0.1) is 19.7 Å². The van der Waals surface area contributed by atoms with Crippen LogP contribution >= 0.6 is 0 Å². The van der Waals surface area contributed by atoms with Crippen LogP contribution in [0.4, 0.5) is 0 Å². The van der Waals surface area contributed by atoms with Gasteiger partial charge in [-0.25, -0.2) is 0 Å². The van der Waals surface area contributed by atoms with Crippen LogP contribution in [-0.4, -0.2) is 18.6 Å². The molecule has 0 atom stereocenters. The van der Waals surface area contributed by atoms with Gasteiger partial charge >= 0.3 is 0 Å². The Morgan fingerprint density at radius 2 is 1.62 bits per heavy atom. The molecule has 4 aromatic rings. The molecular formula is C17H13NO3. The van der Waals surface area contributed by atoms with Crippen molar-refractivity contribution in [2.45, 2.75) is 0 Å². The summed E-state index contributed by atoms with van der Waals surface area (Å²) in [4.78, 5) is 12.6. The molecule has 0 aliphatic rings. The lowest BCUT2D eigenvalue weighted by molar-refractivity contribution is 0.401. The van der Waals surface area contributed by atoms with E-state index in [4.69, 9.17) is 9.47 Å². The molecule has 21 heavy (non-hydrogen) atoms. The second-order valence-electron chi connectivity index (χ2n) is 4.95. The maximum absolute atomic E-state index is 12.6. The fraction of sp³-hybridized carbons (Fsp3) is 0.118. The number of hydrogen-bond donors (Lipinski definition) is 0. The summed E-state index contributed by atoms with van der Waals surface area (Å²) in [5, 5.41) is 3.44. The normalized spacial score (nSPS) is 11.5. The molecule has 0 aliphatic carbocycles. The summed E-state index contributed by atoms with van der Waals surface area (Å²) < 4.78 is 12.6. The van der Waals surface area contributed by atoms with Crippen molar-refractivity contribution in [2.75, 3.05) is 14.2 Å². The summed E-state index contributed by atoms with van der Waals surface area (Å²) in [6, 6.07) is 11.4. The van der Waals surface area contributed by atoms with Crippen LogP contribution in [0.15, 0.2) is 47.4 Å². The first kappa shape index (κ1) is 12.0. The quantitative estimate of drug-likeness (QED) is 0.529. The lowest BCUT2D eigenvalue weighted by Gasteiger charge is -2.12. The Morgan fingerprint density at radius 1 is 0.905 bits per heavy atom. The van der Waals surface area contributed by atoms with E-state index in [1.54, 1.807) is 24.8 Å². The van der Waals surface area contributed by atoms with Crippen molar-refractivity contribution >= 4 is 27.1 Å². The lowest BCUT2D eigenvalue weighted by atomic mass is 10.0.